The summed E-state index contributed by atoms with van der Waals surface area (Å²) >= 11 is 0. The first-order chi connectivity index (χ1) is 8.28. The number of carbonyl (C=O) groups is 2. The number of piperidine rings is 1. The number of aliphatic carboxylic acids is 1. The van der Waals surface area contributed by atoms with Gasteiger partial charge >= 0.3 is 12.1 Å². The molecule has 0 radical (unpaired) electrons. The first kappa shape index (κ1) is 14.8. The SMILES string of the molecule is CC(C)(C)OC(=O)N1CCC[C@H](OCC(=O)O)C1. The van der Waals surface area contributed by atoms with E-state index in [1.54, 1.807) is 4.90 Å². The Morgan fingerprint density at radius 1 is 1.39 bits per heavy atom. The van der Waals surface area contributed by atoms with Gasteiger partial charge in [0.05, 0.1) is 12.6 Å². The molecule has 6 nitrogen and oxygen atoms in total. The van der Waals surface area contributed by atoms with Crippen molar-refractivity contribution in [2.45, 2.75) is 45.3 Å². The quantitative estimate of drug-likeness (QED) is 0.831. The number of hydrogen-bond donors (Lipinski definition) is 1. The van der Waals surface area contributed by atoms with Gasteiger partial charge in [-0.15, -0.1) is 0 Å². The normalized spacial score (nSPS) is 20.6. The van der Waals surface area contributed by atoms with Crippen molar-refractivity contribution in [1.29, 1.82) is 0 Å². The summed E-state index contributed by atoms with van der Waals surface area (Å²) in [5, 5.41) is 8.54. The van der Waals surface area contributed by atoms with E-state index in [0.29, 0.717) is 13.1 Å². The molecular formula is C12H21NO5. The number of nitrogens with zero attached hydrogens (tertiary/aromatic N) is 1. The molecule has 18 heavy (non-hydrogen) atoms. The smallest absolute Gasteiger partial charge is 0.410 e. The highest BCUT2D eigenvalue weighted by Gasteiger charge is 2.28. The molecule has 1 rings (SSSR count). The van der Waals surface area contributed by atoms with Crippen LogP contribution in [0.15, 0.2) is 0 Å². The molecule has 6 heteroatoms. The lowest BCUT2D eigenvalue weighted by molar-refractivity contribution is -0.145. The molecule has 1 aliphatic rings. The third-order valence-corrected chi connectivity index (χ3v) is 2.47. The minimum absolute atomic E-state index is 0.220. The third-order valence-electron chi connectivity index (χ3n) is 2.47. The Morgan fingerprint density at radius 2 is 2.06 bits per heavy atom. The molecule has 0 aliphatic carbocycles. The van der Waals surface area contributed by atoms with Crippen LogP contribution in [0.25, 0.3) is 0 Å². The molecule has 1 amide bonds. The van der Waals surface area contributed by atoms with Crippen molar-refractivity contribution in [3.63, 3.8) is 0 Å². The van der Waals surface area contributed by atoms with Crippen molar-refractivity contribution < 1.29 is 24.2 Å². The van der Waals surface area contributed by atoms with Crippen LogP contribution < -0.4 is 0 Å². The summed E-state index contributed by atoms with van der Waals surface area (Å²) in [6.45, 7) is 6.13. The van der Waals surface area contributed by atoms with Crippen LogP contribution in [0.5, 0.6) is 0 Å². The number of amides is 1. The molecule has 1 saturated heterocycles. The largest absolute Gasteiger partial charge is 0.480 e. The van der Waals surface area contributed by atoms with Gasteiger partial charge in [-0.3, -0.25) is 0 Å². The van der Waals surface area contributed by atoms with Gasteiger partial charge in [-0.2, -0.15) is 0 Å². The van der Waals surface area contributed by atoms with Crippen LogP contribution in [0.1, 0.15) is 33.6 Å². The van der Waals surface area contributed by atoms with Crippen molar-refractivity contribution in [3.8, 4) is 0 Å². The fraction of sp³-hybridized carbons (Fsp3) is 0.833. The summed E-state index contributed by atoms with van der Waals surface area (Å²) in [7, 11) is 0. The molecule has 0 aromatic carbocycles. The summed E-state index contributed by atoms with van der Waals surface area (Å²) in [6.07, 6.45) is 0.976. The summed E-state index contributed by atoms with van der Waals surface area (Å²) in [5.41, 5.74) is -0.522. The number of rotatable bonds is 3. The molecule has 0 unspecified atom stereocenters. The van der Waals surface area contributed by atoms with Crippen LogP contribution in [0.4, 0.5) is 4.79 Å². The van der Waals surface area contributed by atoms with Gasteiger partial charge in [0.15, 0.2) is 0 Å². The highest BCUT2D eigenvalue weighted by Crippen LogP contribution is 2.17. The van der Waals surface area contributed by atoms with Crippen LogP contribution in [0.2, 0.25) is 0 Å². The average molecular weight is 259 g/mol. The number of ether oxygens (including phenoxy) is 2. The van der Waals surface area contributed by atoms with Gasteiger partial charge in [0.25, 0.3) is 0 Å². The zero-order chi connectivity index (χ0) is 13.8. The molecule has 1 aliphatic heterocycles. The lowest BCUT2D eigenvalue weighted by Crippen LogP contribution is -2.45. The molecule has 0 spiro atoms. The highest BCUT2D eigenvalue weighted by atomic mass is 16.6. The number of carbonyl (C=O) groups excluding carboxylic acids is 1. The molecule has 0 saturated carbocycles. The maximum Gasteiger partial charge on any atom is 0.410 e. The van der Waals surface area contributed by atoms with Gasteiger partial charge in [0.1, 0.15) is 12.2 Å². The fourth-order valence-corrected chi connectivity index (χ4v) is 1.76. The number of carboxylic acid groups (broad SMARTS) is 1. The first-order valence-corrected chi connectivity index (χ1v) is 6.09. The second-order valence-electron chi connectivity index (χ2n) is 5.40. The summed E-state index contributed by atoms with van der Waals surface area (Å²) in [6, 6.07) is 0. The Labute approximate surface area is 107 Å². The summed E-state index contributed by atoms with van der Waals surface area (Å²) in [4.78, 5) is 23.8. The Balaban J connectivity index is 2.43. The molecule has 1 atom stereocenters. The molecular weight excluding hydrogens is 238 g/mol. The lowest BCUT2D eigenvalue weighted by Gasteiger charge is -2.33. The van der Waals surface area contributed by atoms with Gasteiger partial charge in [-0.1, -0.05) is 0 Å². The van der Waals surface area contributed by atoms with Crippen LogP contribution in [0.3, 0.4) is 0 Å². The van der Waals surface area contributed by atoms with Crippen molar-refractivity contribution in [1.82, 2.24) is 4.90 Å². The minimum atomic E-state index is -0.996. The maximum atomic E-state index is 11.8. The van der Waals surface area contributed by atoms with E-state index in [0.717, 1.165) is 12.8 Å². The Bertz CT molecular complexity index is 310. The van der Waals surface area contributed by atoms with E-state index in [4.69, 9.17) is 14.6 Å². The molecule has 1 fully saturated rings. The van der Waals surface area contributed by atoms with Gasteiger partial charge in [-0.05, 0) is 33.6 Å². The fourth-order valence-electron chi connectivity index (χ4n) is 1.76. The lowest BCUT2D eigenvalue weighted by atomic mass is 10.1. The monoisotopic (exact) mass is 259 g/mol. The Morgan fingerprint density at radius 3 is 2.61 bits per heavy atom. The van der Waals surface area contributed by atoms with E-state index in [9.17, 15) is 9.59 Å². The van der Waals surface area contributed by atoms with Crippen molar-refractivity contribution in [2.75, 3.05) is 19.7 Å². The van der Waals surface area contributed by atoms with E-state index < -0.39 is 11.6 Å². The third kappa shape index (κ3) is 5.35. The number of hydrogen-bond acceptors (Lipinski definition) is 4. The van der Waals surface area contributed by atoms with Crippen molar-refractivity contribution >= 4 is 12.1 Å². The van der Waals surface area contributed by atoms with Crippen molar-refractivity contribution in [2.24, 2.45) is 0 Å². The predicted octanol–water partition coefficient (Wildman–Crippen LogP) is 1.49. The molecule has 0 bridgehead atoms. The second-order valence-corrected chi connectivity index (χ2v) is 5.40. The standard InChI is InChI=1S/C12H21NO5/c1-12(2,3)18-11(16)13-6-4-5-9(7-13)17-8-10(14)15/h9H,4-8H2,1-3H3,(H,14,15)/t9-/m0/s1. The molecule has 0 aromatic rings. The zero-order valence-corrected chi connectivity index (χ0v) is 11.1. The summed E-state index contributed by atoms with van der Waals surface area (Å²) < 4.78 is 10.5. The number of carboxylic acids is 1. The van der Waals surface area contributed by atoms with Gasteiger partial charge < -0.3 is 19.5 Å². The highest BCUT2D eigenvalue weighted by molar-refractivity contribution is 5.68. The molecule has 0 aromatic heterocycles. The van der Waals surface area contributed by atoms with Crippen LogP contribution in [-0.2, 0) is 14.3 Å². The van der Waals surface area contributed by atoms with Crippen LogP contribution >= 0.6 is 0 Å². The first-order valence-electron chi connectivity index (χ1n) is 6.09. The van der Waals surface area contributed by atoms with E-state index in [-0.39, 0.29) is 18.8 Å². The Kier molecular flexibility index (Phi) is 4.95. The van der Waals surface area contributed by atoms with E-state index in [1.165, 1.54) is 0 Å². The van der Waals surface area contributed by atoms with E-state index in [2.05, 4.69) is 0 Å². The van der Waals surface area contributed by atoms with Crippen LogP contribution in [0, 0.1) is 0 Å². The summed E-state index contributed by atoms with van der Waals surface area (Å²) in [5.74, 6) is -0.996. The molecule has 104 valence electrons. The van der Waals surface area contributed by atoms with E-state index >= 15 is 0 Å². The Hall–Kier alpha value is -1.30. The zero-order valence-electron chi connectivity index (χ0n) is 11.1. The number of likely N-dealkylation sites (tertiary alicyclic amines) is 1. The van der Waals surface area contributed by atoms with Crippen LogP contribution in [-0.4, -0.2) is 53.5 Å². The van der Waals surface area contributed by atoms with Gasteiger partial charge in [0.2, 0.25) is 0 Å². The maximum absolute atomic E-state index is 11.8. The van der Waals surface area contributed by atoms with Gasteiger partial charge in [-0.25, -0.2) is 9.59 Å². The second kappa shape index (κ2) is 6.04. The van der Waals surface area contributed by atoms with E-state index in [1.807, 2.05) is 20.8 Å². The minimum Gasteiger partial charge on any atom is -0.480 e. The molecule has 1 N–H and O–H groups in total. The molecule has 1 heterocycles. The van der Waals surface area contributed by atoms with Gasteiger partial charge in [0, 0.05) is 6.54 Å². The van der Waals surface area contributed by atoms with Crippen molar-refractivity contribution in [3.05, 3.63) is 0 Å². The predicted molar refractivity (Wildman–Crippen MR) is 64.4 cm³/mol. The average Bonchev–Trinajstić information content (AvgIpc) is 2.24. The topological polar surface area (TPSA) is 76.1 Å².